The van der Waals surface area contributed by atoms with Crippen molar-refractivity contribution in [3.8, 4) is 0 Å². The lowest BCUT2D eigenvalue weighted by molar-refractivity contribution is 0.0458. The summed E-state index contributed by atoms with van der Waals surface area (Å²) in [6, 6.07) is 7.85. The van der Waals surface area contributed by atoms with Crippen LogP contribution in [0.25, 0.3) is 11.0 Å². The first-order valence-electron chi connectivity index (χ1n) is 6.02. The van der Waals surface area contributed by atoms with Gasteiger partial charge in [0.05, 0.1) is 16.6 Å². The zero-order valence-corrected chi connectivity index (χ0v) is 11.1. The van der Waals surface area contributed by atoms with Gasteiger partial charge in [0.25, 0.3) is 0 Å². The Bertz CT molecular complexity index is 485. The van der Waals surface area contributed by atoms with Gasteiger partial charge >= 0.3 is 0 Å². The van der Waals surface area contributed by atoms with Crippen LogP contribution in [0.15, 0.2) is 24.3 Å². The Labute approximate surface area is 107 Å². The number of H-pyrrole nitrogens is 1. The van der Waals surface area contributed by atoms with Crippen molar-refractivity contribution in [2.75, 3.05) is 32.5 Å². The summed E-state index contributed by atoms with van der Waals surface area (Å²) < 4.78 is 0. The highest BCUT2D eigenvalue weighted by Gasteiger charge is 2.21. The number of hydrogen-bond donors (Lipinski definition) is 3. The Balaban J connectivity index is 2.01. The molecule has 1 heterocycles. The number of fused-ring (bicyclic) bond motifs is 1. The van der Waals surface area contributed by atoms with E-state index in [2.05, 4.69) is 15.3 Å². The number of nitrogens with zero attached hydrogens (tertiary/aromatic N) is 2. The standard InChI is InChI=1S/C13H20N4O/c1-13(18,9-17(2)3)8-14-12-15-10-6-4-5-7-11(10)16-12/h4-7,18H,8-9H2,1-3H3,(H2,14,15,16). The van der Waals surface area contributed by atoms with Crippen LogP contribution in [0.2, 0.25) is 0 Å². The van der Waals surface area contributed by atoms with E-state index in [1.807, 2.05) is 50.2 Å². The van der Waals surface area contributed by atoms with E-state index in [1.165, 1.54) is 0 Å². The number of para-hydroxylation sites is 2. The molecule has 0 bridgehead atoms. The normalized spacial score (nSPS) is 14.9. The smallest absolute Gasteiger partial charge is 0.201 e. The molecule has 0 amide bonds. The van der Waals surface area contributed by atoms with Gasteiger partial charge in [-0.25, -0.2) is 4.98 Å². The number of aromatic nitrogens is 2. The Morgan fingerprint density at radius 1 is 1.39 bits per heavy atom. The van der Waals surface area contributed by atoms with Crippen molar-refractivity contribution in [3.63, 3.8) is 0 Å². The number of nitrogens with one attached hydrogen (secondary N) is 2. The van der Waals surface area contributed by atoms with Crippen LogP contribution in [-0.4, -0.2) is 52.8 Å². The minimum Gasteiger partial charge on any atom is -0.387 e. The average molecular weight is 248 g/mol. The lowest BCUT2D eigenvalue weighted by atomic mass is 10.1. The molecule has 18 heavy (non-hydrogen) atoms. The summed E-state index contributed by atoms with van der Waals surface area (Å²) in [6.07, 6.45) is 0. The van der Waals surface area contributed by atoms with Crippen molar-refractivity contribution < 1.29 is 5.11 Å². The molecule has 1 aromatic heterocycles. The second kappa shape index (κ2) is 4.96. The lowest BCUT2D eigenvalue weighted by Crippen LogP contribution is -2.43. The fourth-order valence-electron chi connectivity index (χ4n) is 2.05. The maximum Gasteiger partial charge on any atom is 0.201 e. The van der Waals surface area contributed by atoms with Crippen molar-refractivity contribution in [2.45, 2.75) is 12.5 Å². The number of likely N-dealkylation sites (N-methyl/N-ethyl adjacent to an activating group) is 1. The Hall–Kier alpha value is -1.59. The first-order chi connectivity index (χ1) is 8.46. The SMILES string of the molecule is CN(C)CC(C)(O)CNc1nc2ccccc2[nH]1. The molecule has 3 N–H and O–H groups in total. The van der Waals surface area contributed by atoms with Crippen molar-refractivity contribution in [2.24, 2.45) is 0 Å². The van der Waals surface area contributed by atoms with E-state index < -0.39 is 5.60 Å². The maximum absolute atomic E-state index is 10.2. The second-order valence-electron chi connectivity index (χ2n) is 5.19. The van der Waals surface area contributed by atoms with Gasteiger partial charge in [-0.15, -0.1) is 0 Å². The van der Waals surface area contributed by atoms with Crippen LogP contribution in [0.1, 0.15) is 6.92 Å². The second-order valence-corrected chi connectivity index (χ2v) is 5.19. The van der Waals surface area contributed by atoms with E-state index in [4.69, 9.17) is 0 Å². The van der Waals surface area contributed by atoms with Crippen LogP contribution < -0.4 is 5.32 Å². The molecule has 0 saturated heterocycles. The number of anilines is 1. The minimum atomic E-state index is -0.789. The third-order valence-corrected chi connectivity index (χ3v) is 2.68. The number of aromatic amines is 1. The van der Waals surface area contributed by atoms with Gasteiger partial charge in [0.1, 0.15) is 0 Å². The predicted octanol–water partition coefficient (Wildman–Crippen LogP) is 1.29. The van der Waals surface area contributed by atoms with Crippen LogP contribution in [0.5, 0.6) is 0 Å². The van der Waals surface area contributed by atoms with Gasteiger partial charge in [0, 0.05) is 13.1 Å². The molecular formula is C13H20N4O. The number of imidazole rings is 1. The molecule has 1 unspecified atom stereocenters. The van der Waals surface area contributed by atoms with Crippen LogP contribution in [0.4, 0.5) is 5.95 Å². The summed E-state index contributed by atoms with van der Waals surface area (Å²) in [5.41, 5.74) is 1.13. The van der Waals surface area contributed by atoms with Gasteiger partial charge in [-0.1, -0.05) is 12.1 Å². The summed E-state index contributed by atoms with van der Waals surface area (Å²) in [7, 11) is 3.88. The molecule has 0 fully saturated rings. The van der Waals surface area contributed by atoms with Gasteiger partial charge < -0.3 is 20.3 Å². The zero-order chi connectivity index (χ0) is 13.2. The van der Waals surface area contributed by atoms with Crippen LogP contribution in [-0.2, 0) is 0 Å². The van der Waals surface area contributed by atoms with Gasteiger partial charge in [-0.3, -0.25) is 0 Å². The Morgan fingerprint density at radius 3 is 2.78 bits per heavy atom. The molecule has 1 aromatic carbocycles. The molecule has 0 radical (unpaired) electrons. The van der Waals surface area contributed by atoms with Crippen molar-refractivity contribution in [1.29, 1.82) is 0 Å². The number of benzene rings is 1. The third-order valence-electron chi connectivity index (χ3n) is 2.68. The predicted molar refractivity (Wildman–Crippen MR) is 73.8 cm³/mol. The van der Waals surface area contributed by atoms with E-state index in [0.29, 0.717) is 19.0 Å². The highest BCUT2D eigenvalue weighted by molar-refractivity contribution is 5.77. The van der Waals surface area contributed by atoms with Crippen molar-refractivity contribution >= 4 is 17.0 Å². The van der Waals surface area contributed by atoms with E-state index in [1.54, 1.807) is 0 Å². The van der Waals surface area contributed by atoms with E-state index in [-0.39, 0.29) is 0 Å². The van der Waals surface area contributed by atoms with Gasteiger partial charge in [-0.2, -0.15) is 0 Å². The Morgan fingerprint density at radius 2 is 2.11 bits per heavy atom. The van der Waals surface area contributed by atoms with E-state index >= 15 is 0 Å². The fraction of sp³-hybridized carbons (Fsp3) is 0.462. The van der Waals surface area contributed by atoms with Gasteiger partial charge in [-0.05, 0) is 33.2 Å². The molecule has 0 aliphatic rings. The first kappa shape index (κ1) is 12.9. The molecule has 0 aliphatic carbocycles. The average Bonchev–Trinajstić information content (AvgIpc) is 2.67. The van der Waals surface area contributed by atoms with Crippen LogP contribution >= 0.6 is 0 Å². The molecule has 0 aliphatic heterocycles. The zero-order valence-electron chi connectivity index (χ0n) is 11.1. The topological polar surface area (TPSA) is 64.2 Å². The quantitative estimate of drug-likeness (QED) is 0.746. The highest BCUT2D eigenvalue weighted by Crippen LogP contribution is 2.14. The molecule has 1 atom stereocenters. The maximum atomic E-state index is 10.2. The van der Waals surface area contributed by atoms with Gasteiger partial charge in [0.2, 0.25) is 5.95 Å². The lowest BCUT2D eigenvalue weighted by Gasteiger charge is -2.26. The minimum absolute atomic E-state index is 0.449. The number of hydrogen-bond acceptors (Lipinski definition) is 4. The summed E-state index contributed by atoms with van der Waals surface area (Å²) in [6.45, 7) is 2.86. The van der Waals surface area contributed by atoms with Gasteiger partial charge in [0.15, 0.2) is 0 Å². The Kier molecular flexibility index (Phi) is 3.54. The molecule has 0 saturated carbocycles. The molecule has 5 nitrogen and oxygen atoms in total. The fourth-order valence-corrected chi connectivity index (χ4v) is 2.05. The summed E-state index contributed by atoms with van der Waals surface area (Å²) in [4.78, 5) is 9.54. The number of aliphatic hydroxyl groups is 1. The van der Waals surface area contributed by atoms with Crippen molar-refractivity contribution in [1.82, 2.24) is 14.9 Å². The molecule has 0 spiro atoms. The monoisotopic (exact) mass is 248 g/mol. The molecule has 2 rings (SSSR count). The first-order valence-corrected chi connectivity index (χ1v) is 6.02. The molecule has 5 heteroatoms. The third kappa shape index (κ3) is 3.21. The van der Waals surface area contributed by atoms with Crippen LogP contribution in [0, 0.1) is 0 Å². The number of rotatable bonds is 5. The van der Waals surface area contributed by atoms with E-state index in [9.17, 15) is 5.11 Å². The molecular weight excluding hydrogens is 228 g/mol. The van der Waals surface area contributed by atoms with Crippen LogP contribution in [0.3, 0.4) is 0 Å². The van der Waals surface area contributed by atoms with Crippen molar-refractivity contribution in [3.05, 3.63) is 24.3 Å². The summed E-state index contributed by atoms with van der Waals surface area (Å²) in [5, 5.41) is 13.3. The van der Waals surface area contributed by atoms with E-state index in [0.717, 1.165) is 11.0 Å². The summed E-state index contributed by atoms with van der Waals surface area (Å²) >= 11 is 0. The molecule has 2 aromatic rings. The summed E-state index contributed by atoms with van der Waals surface area (Å²) in [5.74, 6) is 0.690. The molecule has 98 valence electrons. The largest absolute Gasteiger partial charge is 0.387 e. The highest BCUT2D eigenvalue weighted by atomic mass is 16.3.